The van der Waals surface area contributed by atoms with Crippen LogP contribution in [0.4, 0.5) is 11.4 Å². The molecule has 0 saturated heterocycles. The van der Waals surface area contributed by atoms with Gasteiger partial charge < -0.3 is 15.8 Å². The fourth-order valence-electron chi connectivity index (χ4n) is 2.52. The van der Waals surface area contributed by atoms with Crippen molar-refractivity contribution in [2.75, 3.05) is 5.32 Å². The van der Waals surface area contributed by atoms with Crippen molar-refractivity contribution in [1.29, 1.82) is 0 Å². The Kier molecular flexibility index (Phi) is 5.75. The zero-order valence-electron chi connectivity index (χ0n) is 14.8. The first-order chi connectivity index (χ1) is 13.8. The molecule has 0 aliphatic rings. The predicted octanol–water partition coefficient (Wildman–Crippen LogP) is 4.39. The van der Waals surface area contributed by atoms with E-state index in [0.717, 1.165) is 0 Å². The van der Waals surface area contributed by atoms with Crippen LogP contribution in [0, 0.1) is 10.1 Å². The van der Waals surface area contributed by atoms with E-state index >= 15 is 0 Å². The number of para-hydroxylation sites is 1. The number of hydrogen-bond acceptors (Lipinski definition) is 5. The Morgan fingerprint density at radius 1 is 1.03 bits per heavy atom. The third-order valence-electron chi connectivity index (χ3n) is 3.90. The van der Waals surface area contributed by atoms with Crippen LogP contribution in [0.25, 0.3) is 0 Å². The maximum Gasteiger partial charge on any atom is 0.313 e. The summed E-state index contributed by atoms with van der Waals surface area (Å²) in [5.41, 5.74) is 5.80. The number of amides is 2. The molecule has 2 amide bonds. The number of primary amides is 1. The number of nitro benzene ring substituents is 1. The summed E-state index contributed by atoms with van der Waals surface area (Å²) < 4.78 is 5.54. The highest BCUT2D eigenvalue weighted by molar-refractivity contribution is 6.30. The molecule has 0 bridgehead atoms. The molecule has 0 fully saturated rings. The molecule has 0 heterocycles. The van der Waals surface area contributed by atoms with Gasteiger partial charge in [0.2, 0.25) is 5.75 Å². The average molecular weight is 412 g/mol. The Morgan fingerprint density at radius 3 is 2.38 bits per heavy atom. The Morgan fingerprint density at radius 2 is 1.72 bits per heavy atom. The minimum atomic E-state index is -0.658. The maximum absolute atomic E-state index is 12.4. The second-order valence-electron chi connectivity index (χ2n) is 5.86. The van der Waals surface area contributed by atoms with Gasteiger partial charge in [-0.3, -0.25) is 19.7 Å². The molecule has 0 aliphatic carbocycles. The summed E-state index contributed by atoms with van der Waals surface area (Å²) in [6.07, 6.45) is 0. The molecule has 3 N–H and O–H groups in total. The second kappa shape index (κ2) is 8.41. The number of carbonyl (C=O) groups is 2. The molecule has 3 rings (SSSR count). The van der Waals surface area contributed by atoms with Gasteiger partial charge in [-0.05, 0) is 48.5 Å². The van der Waals surface area contributed by atoms with Crippen LogP contribution in [0.3, 0.4) is 0 Å². The Bertz CT molecular complexity index is 1100. The minimum absolute atomic E-state index is 0.0204. The van der Waals surface area contributed by atoms with Gasteiger partial charge in [0.15, 0.2) is 0 Å². The number of rotatable bonds is 6. The molecular weight excluding hydrogens is 398 g/mol. The SMILES string of the molecule is NC(=O)c1ccccc1NC(=O)c1ccc(Oc2ccc(Cl)cc2[N+](=O)[O-])cc1. The van der Waals surface area contributed by atoms with Crippen LogP contribution in [-0.4, -0.2) is 16.7 Å². The summed E-state index contributed by atoms with van der Waals surface area (Å²) in [6, 6.07) is 16.4. The summed E-state index contributed by atoms with van der Waals surface area (Å²) in [4.78, 5) is 34.4. The fraction of sp³-hybridized carbons (Fsp3) is 0. The molecule has 3 aromatic rings. The predicted molar refractivity (Wildman–Crippen MR) is 108 cm³/mol. The van der Waals surface area contributed by atoms with Crippen molar-refractivity contribution < 1.29 is 19.2 Å². The first-order valence-corrected chi connectivity index (χ1v) is 8.65. The number of nitrogens with zero attached hydrogens (tertiary/aromatic N) is 1. The Balaban J connectivity index is 1.77. The topological polar surface area (TPSA) is 125 Å². The molecule has 29 heavy (non-hydrogen) atoms. The fourth-order valence-corrected chi connectivity index (χ4v) is 2.69. The molecule has 0 aliphatic heterocycles. The van der Waals surface area contributed by atoms with Gasteiger partial charge in [0.1, 0.15) is 5.75 Å². The van der Waals surface area contributed by atoms with Crippen LogP contribution in [0.5, 0.6) is 11.5 Å². The van der Waals surface area contributed by atoms with E-state index in [0.29, 0.717) is 17.0 Å². The third kappa shape index (κ3) is 4.69. The van der Waals surface area contributed by atoms with Gasteiger partial charge in [0, 0.05) is 16.7 Å². The molecule has 0 saturated carbocycles. The maximum atomic E-state index is 12.4. The number of halogens is 1. The van der Waals surface area contributed by atoms with Gasteiger partial charge in [-0.15, -0.1) is 0 Å². The van der Waals surface area contributed by atoms with Crippen molar-refractivity contribution in [3.8, 4) is 11.5 Å². The lowest BCUT2D eigenvalue weighted by molar-refractivity contribution is -0.385. The highest BCUT2D eigenvalue weighted by atomic mass is 35.5. The van der Waals surface area contributed by atoms with Gasteiger partial charge in [-0.1, -0.05) is 23.7 Å². The zero-order valence-corrected chi connectivity index (χ0v) is 15.6. The lowest BCUT2D eigenvalue weighted by Crippen LogP contribution is -2.18. The Hall–Kier alpha value is -3.91. The van der Waals surface area contributed by atoms with Crippen molar-refractivity contribution in [2.24, 2.45) is 5.73 Å². The van der Waals surface area contributed by atoms with Crippen molar-refractivity contribution in [3.63, 3.8) is 0 Å². The number of hydrogen-bond donors (Lipinski definition) is 2. The number of carbonyl (C=O) groups excluding carboxylic acids is 2. The second-order valence-corrected chi connectivity index (χ2v) is 6.30. The lowest BCUT2D eigenvalue weighted by atomic mass is 10.1. The number of ether oxygens (including phenoxy) is 1. The van der Waals surface area contributed by atoms with Gasteiger partial charge in [0.25, 0.3) is 11.8 Å². The number of nitrogens with one attached hydrogen (secondary N) is 1. The van der Waals surface area contributed by atoms with Crippen LogP contribution in [-0.2, 0) is 0 Å². The molecule has 0 atom stereocenters. The number of benzene rings is 3. The van der Waals surface area contributed by atoms with Crippen molar-refractivity contribution in [1.82, 2.24) is 0 Å². The van der Waals surface area contributed by atoms with E-state index in [1.54, 1.807) is 18.2 Å². The van der Waals surface area contributed by atoms with Crippen LogP contribution in [0.2, 0.25) is 5.02 Å². The smallest absolute Gasteiger partial charge is 0.313 e. The van der Waals surface area contributed by atoms with E-state index in [2.05, 4.69) is 5.32 Å². The van der Waals surface area contributed by atoms with E-state index in [9.17, 15) is 19.7 Å². The van der Waals surface area contributed by atoms with Gasteiger partial charge >= 0.3 is 5.69 Å². The lowest BCUT2D eigenvalue weighted by Gasteiger charge is -2.10. The monoisotopic (exact) mass is 411 g/mol. The van der Waals surface area contributed by atoms with Gasteiger partial charge in [-0.2, -0.15) is 0 Å². The molecule has 0 radical (unpaired) electrons. The van der Waals surface area contributed by atoms with E-state index in [1.165, 1.54) is 48.5 Å². The highest BCUT2D eigenvalue weighted by Gasteiger charge is 2.17. The normalized spacial score (nSPS) is 10.2. The molecular formula is C20H14ClN3O5. The average Bonchev–Trinajstić information content (AvgIpc) is 2.70. The standard InChI is InChI=1S/C20H14ClN3O5/c21-13-7-10-18(17(11-13)24(27)28)29-14-8-5-12(6-9-14)20(26)23-16-4-2-1-3-15(16)19(22)25/h1-11H,(H2,22,25)(H,23,26). The minimum Gasteiger partial charge on any atom is -0.450 e. The molecule has 0 spiro atoms. The summed E-state index contributed by atoms with van der Waals surface area (Å²) in [7, 11) is 0. The number of nitro groups is 1. The first kappa shape index (κ1) is 19.8. The van der Waals surface area contributed by atoms with Crippen LogP contribution < -0.4 is 15.8 Å². The van der Waals surface area contributed by atoms with E-state index in [1.807, 2.05) is 0 Å². The molecule has 0 unspecified atom stereocenters. The van der Waals surface area contributed by atoms with Gasteiger partial charge in [0.05, 0.1) is 16.2 Å². The molecule has 0 aromatic heterocycles. The summed E-state index contributed by atoms with van der Waals surface area (Å²) in [6.45, 7) is 0. The molecule has 8 nitrogen and oxygen atoms in total. The van der Waals surface area contributed by atoms with Crippen molar-refractivity contribution in [2.45, 2.75) is 0 Å². The number of nitrogens with two attached hydrogens (primary N) is 1. The highest BCUT2D eigenvalue weighted by Crippen LogP contribution is 2.33. The molecule has 3 aromatic carbocycles. The van der Waals surface area contributed by atoms with Crippen LogP contribution in [0.1, 0.15) is 20.7 Å². The summed E-state index contributed by atoms with van der Waals surface area (Å²) >= 11 is 5.78. The molecule has 9 heteroatoms. The van der Waals surface area contributed by atoms with E-state index in [4.69, 9.17) is 22.1 Å². The summed E-state index contributed by atoms with van der Waals surface area (Å²) in [5, 5.41) is 14.0. The third-order valence-corrected chi connectivity index (χ3v) is 4.14. The quantitative estimate of drug-likeness (QED) is 0.459. The Labute approximate surface area is 170 Å². The van der Waals surface area contributed by atoms with Crippen molar-refractivity contribution >= 4 is 34.8 Å². The van der Waals surface area contributed by atoms with Crippen LogP contribution >= 0.6 is 11.6 Å². The van der Waals surface area contributed by atoms with E-state index in [-0.39, 0.29) is 22.0 Å². The van der Waals surface area contributed by atoms with Gasteiger partial charge in [-0.25, -0.2) is 0 Å². The zero-order chi connectivity index (χ0) is 21.0. The van der Waals surface area contributed by atoms with E-state index < -0.39 is 16.7 Å². The number of anilines is 1. The largest absolute Gasteiger partial charge is 0.450 e. The first-order valence-electron chi connectivity index (χ1n) is 8.27. The summed E-state index contributed by atoms with van der Waals surface area (Å²) in [5.74, 6) is -0.798. The molecule has 146 valence electrons. The van der Waals surface area contributed by atoms with Crippen molar-refractivity contribution in [3.05, 3.63) is 93.0 Å². The van der Waals surface area contributed by atoms with Crippen LogP contribution in [0.15, 0.2) is 66.7 Å².